The highest BCUT2D eigenvalue weighted by Gasteiger charge is 2.22. The smallest absolute Gasteiger partial charge is 0.225 e. The Labute approximate surface area is 82.2 Å². The van der Waals surface area contributed by atoms with Crippen molar-refractivity contribution in [3.05, 3.63) is 18.2 Å². The summed E-state index contributed by atoms with van der Waals surface area (Å²) in [5.41, 5.74) is 0. The molecule has 0 aromatic carbocycles. The average molecular weight is 196 g/mol. The molecule has 1 aromatic rings. The predicted molar refractivity (Wildman–Crippen MR) is 51.7 cm³/mol. The summed E-state index contributed by atoms with van der Waals surface area (Å²) < 4.78 is 12.6. The van der Waals surface area contributed by atoms with E-state index >= 15 is 0 Å². The molecule has 4 nitrogen and oxygen atoms in total. The van der Waals surface area contributed by atoms with Gasteiger partial charge in [0.2, 0.25) is 5.95 Å². The molecule has 1 atom stereocenters. The Bertz CT molecular complexity index is 300. The molecule has 5 heteroatoms. The first-order chi connectivity index (χ1) is 6.79. The van der Waals surface area contributed by atoms with Crippen molar-refractivity contribution in [3.63, 3.8) is 0 Å². The van der Waals surface area contributed by atoms with Crippen LogP contribution in [0.2, 0.25) is 0 Å². The maximum Gasteiger partial charge on any atom is 0.225 e. The monoisotopic (exact) mass is 196 g/mol. The van der Waals surface area contributed by atoms with E-state index in [1.165, 1.54) is 12.4 Å². The van der Waals surface area contributed by atoms with E-state index in [1.807, 2.05) is 7.05 Å². The van der Waals surface area contributed by atoms with E-state index < -0.39 is 5.82 Å². The van der Waals surface area contributed by atoms with Gasteiger partial charge in [-0.3, -0.25) is 0 Å². The molecule has 14 heavy (non-hydrogen) atoms. The zero-order valence-corrected chi connectivity index (χ0v) is 8.07. The molecule has 1 fully saturated rings. The topological polar surface area (TPSA) is 41.0 Å². The zero-order valence-electron chi connectivity index (χ0n) is 8.07. The number of halogens is 1. The molecular weight excluding hydrogens is 183 g/mol. The summed E-state index contributed by atoms with van der Waals surface area (Å²) in [5.74, 6) is 0.224. The molecule has 0 radical (unpaired) electrons. The minimum absolute atomic E-state index is 0.391. The zero-order chi connectivity index (χ0) is 9.97. The summed E-state index contributed by atoms with van der Waals surface area (Å²) in [6, 6.07) is 0.489. The standard InChI is InChI=1S/C9H13FN4/c1-11-8-2-3-14(6-8)9-12-4-7(10)5-13-9/h4-5,8,11H,2-3,6H2,1H3. The summed E-state index contributed by atoms with van der Waals surface area (Å²) in [6.07, 6.45) is 3.49. The lowest BCUT2D eigenvalue weighted by atomic mass is 10.3. The van der Waals surface area contributed by atoms with Crippen molar-refractivity contribution in [2.45, 2.75) is 12.5 Å². The predicted octanol–water partition coefficient (Wildman–Crippen LogP) is 0.414. The fraction of sp³-hybridized carbons (Fsp3) is 0.556. The normalized spacial score (nSPS) is 21.6. The highest BCUT2D eigenvalue weighted by molar-refractivity contribution is 5.31. The third-order valence-electron chi connectivity index (χ3n) is 2.49. The van der Waals surface area contributed by atoms with Gasteiger partial charge in [-0.05, 0) is 13.5 Å². The molecule has 0 aliphatic carbocycles. The summed E-state index contributed by atoms with van der Waals surface area (Å²) in [4.78, 5) is 9.94. The van der Waals surface area contributed by atoms with Crippen LogP contribution in [0.4, 0.5) is 10.3 Å². The Morgan fingerprint density at radius 2 is 2.21 bits per heavy atom. The van der Waals surface area contributed by atoms with Crippen molar-refractivity contribution in [1.82, 2.24) is 15.3 Å². The van der Waals surface area contributed by atoms with Gasteiger partial charge in [-0.25, -0.2) is 14.4 Å². The summed E-state index contributed by atoms with van der Waals surface area (Å²) in [6.45, 7) is 1.82. The van der Waals surface area contributed by atoms with Gasteiger partial charge in [0, 0.05) is 19.1 Å². The van der Waals surface area contributed by atoms with Gasteiger partial charge in [-0.1, -0.05) is 0 Å². The Kier molecular flexibility index (Phi) is 2.58. The molecule has 1 aliphatic heterocycles. The van der Waals surface area contributed by atoms with Gasteiger partial charge < -0.3 is 10.2 Å². The van der Waals surface area contributed by atoms with Crippen LogP contribution < -0.4 is 10.2 Å². The second-order valence-electron chi connectivity index (χ2n) is 3.42. The SMILES string of the molecule is CNC1CCN(c2ncc(F)cn2)C1. The molecule has 2 heterocycles. The van der Waals surface area contributed by atoms with Crippen LogP contribution in [0.1, 0.15) is 6.42 Å². The molecule has 1 saturated heterocycles. The van der Waals surface area contributed by atoms with Crippen molar-refractivity contribution >= 4 is 5.95 Å². The lowest BCUT2D eigenvalue weighted by Gasteiger charge is -2.15. The molecule has 2 rings (SSSR count). The van der Waals surface area contributed by atoms with Gasteiger partial charge in [0.15, 0.2) is 5.82 Å². The number of nitrogens with one attached hydrogen (secondary N) is 1. The minimum Gasteiger partial charge on any atom is -0.339 e. The largest absolute Gasteiger partial charge is 0.339 e. The Balaban J connectivity index is 2.06. The van der Waals surface area contributed by atoms with Crippen LogP contribution in [-0.4, -0.2) is 36.1 Å². The Morgan fingerprint density at radius 1 is 1.50 bits per heavy atom. The highest BCUT2D eigenvalue weighted by atomic mass is 19.1. The number of likely N-dealkylation sites (N-methyl/N-ethyl adjacent to an activating group) is 1. The molecule has 1 aromatic heterocycles. The maximum atomic E-state index is 12.6. The van der Waals surface area contributed by atoms with Crippen LogP contribution in [-0.2, 0) is 0 Å². The fourth-order valence-electron chi connectivity index (χ4n) is 1.65. The highest BCUT2D eigenvalue weighted by Crippen LogP contribution is 2.14. The fourth-order valence-corrected chi connectivity index (χ4v) is 1.65. The van der Waals surface area contributed by atoms with Crippen molar-refractivity contribution in [2.24, 2.45) is 0 Å². The number of aromatic nitrogens is 2. The summed E-state index contributed by atoms with van der Waals surface area (Å²) >= 11 is 0. The number of nitrogens with zero attached hydrogens (tertiary/aromatic N) is 3. The molecule has 76 valence electrons. The lowest BCUT2D eigenvalue weighted by molar-refractivity contribution is 0.608. The number of anilines is 1. The number of hydrogen-bond donors (Lipinski definition) is 1. The molecular formula is C9H13FN4. The van der Waals surface area contributed by atoms with E-state index in [9.17, 15) is 4.39 Å². The second-order valence-corrected chi connectivity index (χ2v) is 3.42. The van der Waals surface area contributed by atoms with Crippen LogP contribution in [0.15, 0.2) is 12.4 Å². The van der Waals surface area contributed by atoms with Crippen LogP contribution >= 0.6 is 0 Å². The average Bonchev–Trinajstić information content (AvgIpc) is 2.67. The van der Waals surface area contributed by atoms with Gasteiger partial charge in [0.05, 0.1) is 12.4 Å². The van der Waals surface area contributed by atoms with Gasteiger partial charge >= 0.3 is 0 Å². The van der Waals surface area contributed by atoms with Gasteiger partial charge in [0.25, 0.3) is 0 Å². The van der Waals surface area contributed by atoms with Crippen LogP contribution in [0.25, 0.3) is 0 Å². The molecule has 1 aliphatic rings. The van der Waals surface area contributed by atoms with E-state index in [-0.39, 0.29) is 0 Å². The third-order valence-corrected chi connectivity index (χ3v) is 2.49. The first kappa shape index (κ1) is 9.33. The van der Waals surface area contributed by atoms with Gasteiger partial charge in [-0.2, -0.15) is 0 Å². The van der Waals surface area contributed by atoms with Crippen molar-refractivity contribution in [2.75, 3.05) is 25.0 Å². The molecule has 1 N–H and O–H groups in total. The second kappa shape index (κ2) is 3.88. The third kappa shape index (κ3) is 1.82. The van der Waals surface area contributed by atoms with Gasteiger partial charge in [0.1, 0.15) is 0 Å². The Hall–Kier alpha value is -1.23. The van der Waals surface area contributed by atoms with Crippen LogP contribution in [0.5, 0.6) is 0 Å². The summed E-state index contributed by atoms with van der Waals surface area (Å²) in [5, 5.41) is 3.20. The van der Waals surface area contributed by atoms with Crippen LogP contribution in [0, 0.1) is 5.82 Å². The van der Waals surface area contributed by atoms with Crippen molar-refractivity contribution in [3.8, 4) is 0 Å². The first-order valence-electron chi connectivity index (χ1n) is 4.69. The first-order valence-corrected chi connectivity index (χ1v) is 4.69. The Morgan fingerprint density at radius 3 is 2.79 bits per heavy atom. The quantitative estimate of drug-likeness (QED) is 0.744. The van der Waals surface area contributed by atoms with E-state index in [4.69, 9.17) is 0 Å². The molecule has 0 spiro atoms. The van der Waals surface area contributed by atoms with E-state index in [0.29, 0.717) is 12.0 Å². The summed E-state index contributed by atoms with van der Waals surface area (Å²) in [7, 11) is 1.94. The molecule has 0 amide bonds. The number of hydrogen-bond acceptors (Lipinski definition) is 4. The van der Waals surface area contributed by atoms with Crippen LogP contribution in [0.3, 0.4) is 0 Å². The lowest BCUT2D eigenvalue weighted by Crippen LogP contribution is -2.30. The molecule has 0 bridgehead atoms. The minimum atomic E-state index is -0.391. The molecule has 1 unspecified atom stereocenters. The molecule has 0 saturated carbocycles. The van der Waals surface area contributed by atoms with E-state index in [0.717, 1.165) is 19.5 Å². The van der Waals surface area contributed by atoms with E-state index in [2.05, 4.69) is 20.2 Å². The maximum absolute atomic E-state index is 12.6. The number of rotatable bonds is 2. The van der Waals surface area contributed by atoms with Crippen molar-refractivity contribution in [1.29, 1.82) is 0 Å². The van der Waals surface area contributed by atoms with Gasteiger partial charge in [-0.15, -0.1) is 0 Å². The van der Waals surface area contributed by atoms with E-state index in [1.54, 1.807) is 0 Å². The van der Waals surface area contributed by atoms with Crippen molar-refractivity contribution < 1.29 is 4.39 Å².